The lowest BCUT2D eigenvalue weighted by Gasteiger charge is -2.13. The first-order chi connectivity index (χ1) is 9.81. The Bertz CT molecular complexity index is 759. The van der Waals surface area contributed by atoms with E-state index in [4.69, 9.17) is 5.11 Å². The summed E-state index contributed by atoms with van der Waals surface area (Å²) in [6.45, 7) is 1.65. The molecule has 7 nitrogen and oxygen atoms in total. The van der Waals surface area contributed by atoms with Gasteiger partial charge in [-0.25, -0.2) is 22.9 Å². The summed E-state index contributed by atoms with van der Waals surface area (Å²) in [5.41, 5.74) is -0.0000851. The van der Waals surface area contributed by atoms with Gasteiger partial charge in [0.15, 0.2) is 0 Å². The number of carboxylic acids is 1. The minimum absolute atomic E-state index is 0.0000851. The van der Waals surface area contributed by atoms with Crippen molar-refractivity contribution in [2.24, 2.45) is 0 Å². The summed E-state index contributed by atoms with van der Waals surface area (Å²) in [7, 11) is -3.81. The molecule has 1 aromatic heterocycles. The predicted octanol–water partition coefficient (Wildman–Crippen LogP) is 1.91. The van der Waals surface area contributed by atoms with E-state index < -0.39 is 22.0 Å². The molecule has 0 aliphatic carbocycles. The van der Waals surface area contributed by atoms with E-state index in [9.17, 15) is 13.2 Å². The molecule has 0 aliphatic rings. The van der Waals surface area contributed by atoms with Gasteiger partial charge in [0.25, 0.3) is 0 Å². The van der Waals surface area contributed by atoms with Crippen LogP contribution in [-0.4, -0.2) is 29.5 Å². The molecule has 0 spiro atoms. The van der Waals surface area contributed by atoms with E-state index in [1.54, 1.807) is 13.1 Å². The Kier molecular flexibility index (Phi) is 4.45. The van der Waals surface area contributed by atoms with Gasteiger partial charge >= 0.3 is 5.97 Å². The molecule has 2 rings (SSSR count). The van der Waals surface area contributed by atoms with Crippen molar-refractivity contribution in [3.63, 3.8) is 0 Å². The van der Waals surface area contributed by atoms with Crippen molar-refractivity contribution in [2.75, 3.05) is 0 Å². The Labute approximate surface area is 129 Å². The first-order valence-electron chi connectivity index (χ1n) is 5.85. The van der Waals surface area contributed by atoms with Gasteiger partial charge in [-0.15, -0.1) is 0 Å². The van der Waals surface area contributed by atoms with Crippen LogP contribution in [0.5, 0.6) is 0 Å². The zero-order valence-electron chi connectivity index (χ0n) is 10.9. The maximum absolute atomic E-state index is 12.3. The van der Waals surface area contributed by atoms with Crippen LogP contribution in [0.4, 0.5) is 0 Å². The van der Waals surface area contributed by atoms with Crippen LogP contribution in [0, 0.1) is 0 Å². The van der Waals surface area contributed by atoms with Crippen molar-refractivity contribution in [1.82, 2.24) is 14.7 Å². The highest BCUT2D eigenvalue weighted by Gasteiger charge is 2.22. The summed E-state index contributed by atoms with van der Waals surface area (Å²) in [6, 6.07) is 3.18. The Morgan fingerprint density at radius 1 is 1.48 bits per heavy atom. The molecule has 1 unspecified atom stereocenters. The van der Waals surface area contributed by atoms with Crippen LogP contribution in [-0.2, 0) is 10.0 Å². The summed E-state index contributed by atoms with van der Waals surface area (Å²) in [5.74, 6) is -0.645. The number of benzene rings is 1. The summed E-state index contributed by atoms with van der Waals surface area (Å²) >= 11 is 3.08. The normalized spacial score (nSPS) is 13.0. The molecule has 0 aliphatic heterocycles. The number of nitrogens with one attached hydrogen (secondary N) is 2. The summed E-state index contributed by atoms with van der Waals surface area (Å²) in [5, 5.41) is 8.88. The van der Waals surface area contributed by atoms with Crippen molar-refractivity contribution >= 4 is 31.9 Å². The van der Waals surface area contributed by atoms with Gasteiger partial charge < -0.3 is 10.1 Å². The Morgan fingerprint density at radius 3 is 2.71 bits per heavy atom. The van der Waals surface area contributed by atoms with Crippen LogP contribution in [0.1, 0.15) is 29.1 Å². The summed E-state index contributed by atoms with van der Waals surface area (Å²) in [6.07, 6.45) is 3.12. The molecule has 1 atom stereocenters. The van der Waals surface area contributed by atoms with Crippen LogP contribution in [0.25, 0.3) is 0 Å². The number of hydrogen-bond acceptors (Lipinski definition) is 4. The lowest BCUT2D eigenvalue weighted by atomic mass is 10.2. The highest BCUT2D eigenvalue weighted by atomic mass is 79.9. The second-order valence-corrected chi connectivity index (χ2v) is 6.80. The number of carbonyl (C=O) groups is 1. The Hall–Kier alpha value is -1.71. The SMILES string of the molecule is CC(NS(=O)(=O)c1ccc(C(=O)O)cc1Br)c1ncc[nH]1. The number of sulfonamides is 1. The molecule has 3 N–H and O–H groups in total. The van der Waals surface area contributed by atoms with Crippen molar-refractivity contribution < 1.29 is 18.3 Å². The summed E-state index contributed by atoms with van der Waals surface area (Å²) in [4.78, 5) is 17.6. The van der Waals surface area contributed by atoms with Gasteiger partial charge in [0, 0.05) is 16.9 Å². The number of carboxylic acid groups (broad SMARTS) is 1. The highest BCUT2D eigenvalue weighted by Crippen LogP contribution is 2.24. The van der Waals surface area contributed by atoms with Gasteiger partial charge in [0.1, 0.15) is 5.82 Å². The average Bonchev–Trinajstić information content (AvgIpc) is 2.91. The van der Waals surface area contributed by atoms with Crippen LogP contribution in [0.2, 0.25) is 0 Å². The van der Waals surface area contributed by atoms with E-state index >= 15 is 0 Å². The minimum atomic E-state index is -3.81. The van der Waals surface area contributed by atoms with Crippen molar-refractivity contribution in [3.05, 3.63) is 46.5 Å². The molecule has 0 saturated heterocycles. The second kappa shape index (κ2) is 5.96. The molecular weight excluding hydrogens is 362 g/mol. The number of aromatic amines is 1. The van der Waals surface area contributed by atoms with E-state index in [0.29, 0.717) is 5.82 Å². The van der Waals surface area contributed by atoms with E-state index in [1.807, 2.05) is 0 Å². The molecule has 0 amide bonds. The third kappa shape index (κ3) is 3.49. The first-order valence-corrected chi connectivity index (χ1v) is 8.13. The average molecular weight is 374 g/mol. The Morgan fingerprint density at radius 2 is 2.19 bits per heavy atom. The molecule has 112 valence electrons. The van der Waals surface area contributed by atoms with Gasteiger partial charge in [-0.05, 0) is 41.1 Å². The van der Waals surface area contributed by atoms with E-state index in [0.717, 1.165) is 0 Å². The molecule has 0 fully saturated rings. The van der Waals surface area contributed by atoms with Crippen molar-refractivity contribution in [1.29, 1.82) is 0 Å². The van der Waals surface area contributed by atoms with Crippen LogP contribution < -0.4 is 4.72 Å². The number of aromatic nitrogens is 2. The zero-order chi connectivity index (χ0) is 15.6. The third-order valence-corrected chi connectivity index (χ3v) is 5.25. The van der Waals surface area contributed by atoms with Gasteiger partial charge in [0.2, 0.25) is 10.0 Å². The molecule has 9 heteroatoms. The van der Waals surface area contributed by atoms with Gasteiger partial charge in [-0.3, -0.25) is 0 Å². The molecule has 21 heavy (non-hydrogen) atoms. The van der Waals surface area contributed by atoms with E-state index in [2.05, 4.69) is 30.6 Å². The fourth-order valence-corrected chi connectivity index (χ4v) is 4.00. The maximum Gasteiger partial charge on any atom is 0.335 e. The van der Waals surface area contributed by atoms with E-state index in [-0.39, 0.29) is 14.9 Å². The fourth-order valence-electron chi connectivity index (χ4n) is 1.72. The highest BCUT2D eigenvalue weighted by molar-refractivity contribution is 9.10. The molecule has 1 heterocycles. The lowest BCUT2D eigenvalue weighted by molar-refractivity contribution is 0.0696. The van der Waals surface area contributed by atoms with Crippen molar-refractivity contribution in [3.8, 4) is 0 Å². The number of halogens is 1. The largest absolute Gasteiger partial charge is 0.478 e. The van der Waals surface area contributed by atoms with E-state index in [1.165, 1.54) is 24.4 Å². The fraction of sp³-hybridized carbons (Fsp3) is 0.167. The molecular formula is C12H12BrN3O4S. The third-order valence-electron chi connectivity index (χ3n) is 2.73. The van der Waals surface area contributed by atoms with Crippen LogP contribution in [0.3, 0.4) is 0 Å². The zero-order valence-corrected chi connectivity index (χ0v) is 13.3. The molecule has 1 aromatic carbocycles. The molecule has 2 aromatic rings. The second-order valence-electron chi connectivity index (χ2n) is 4.27. The maximum atomic E-state index is 12.3. The minimum Gasteiger partial charge on any atom is -0.478 e. The molecule has 0 saturated carbocycles. The first kappa shape index (κ1) is 15.7. The van der Waals surface area contributed by atoms with Crippen molar-refractivity contribution in [2.45, 2.75) is 17.9 Å². The van der Waals surface area contributed by atoms with Crippen LogP contribution >= 0.6 is 15.9 Å². The van der Waals surface area contributed by atoms with Gasteiger partial charge in [-0.2, -0.15) is 0 Å². The number of nitrogens with zero attached hydrogens (tertiary/aromatic N) is 1. The number of H-pyrrole nitrogens is 1. The topological polar surface area (TPSA) is 112 Å². The number of hydrogen-bond donors (Lipinski definition) is 3. The summed E-state index contributed by atoms with van der Waals surface area (Å²) < 4.78 is 27.3. The van der Waals surface area contributed by atoms with Gasteiger partial charge in [0.05, 0.1) is 16.5 Å². The molecule has 0 radical (unpaired) electrons. The van der Waals surface area contributed by atoms with Crippen LogP contribution in [0.15, 0.2) is 40.0 Å². The quantitative estimate of drug-likeness (QED) is 0.740. The Balaban J connectivity index is 2.29. The molecule has 0 bridgehead atoms. The number of imidazole rings is 1. The smallest absolute Gasteiger partial charge is 0.335 e. The number of aromatic carboxylic acids is 1. The lowest BCUT2D eigenvalue weighted by Crippen LogP contribution is -2.28. The van der Waals surface area contributed by atoms with Gasteiger partial charge in [-0.1, -0.05) is 0 Å². The predicted molar refractivity (Wildman–Crippen MR) is 78.4 cm³/mol. The monoisotopic (exact) mass is 373 g/mol. The standard InChI is InChI=1S/C12H12BrN3O4S/c1-7(11-14-4-5-15-11)16-21(19,20)10-3-2-8(12(17)18)6-9(10)13/h2-7,16H,1H3,(H,14,15)(H,17,18). The number of rotatable bonds is 5.